The molecular weight excluding hydrogens is 337 g/mol. The Balaban J connectivity index is 1.97. The summed E-state index contributed by atoms with van der Waals surface area (Å²) in [7, 11) is 0. The minimum Gasteiger partial charge on any atom is -0.481 e. The predicted molar refractivity (Wildman–Crippen MR) is 85.7 cm³/mol. The number of carboxylic acids is 1. The van der Waals surface area contributed by atoms with E-state index in [-0.39, 0.29) is 12.4 Å². The van der Waals surface area contributed by atoms with Gasteiger partial charge in [0.05, 0.1) is 18.7 Å². The molecular formula is C17H13ClFNO4. The van der Waals surface area contributed by atoms with E-state index in [0.29, 0.717) is 22.0 Å². The van der Waals surface area contributed by atoms with Gasteiger partial charge in [-0.15, -0.1) is 0 Å². The van der Waals surface area contributed by atoms with Crippen molar-refractivity contribution in [1.82, 2.24) is 0 Å². The molecule has 0 fully saturated rings. The molecule has 5 nitrogen and oxygen atoms in total. The number of carbonyl (C=O) groups is 2. The van der Waals surface area contributed by atoms with Crippen molar-refractivity contribution >= 4 is 29.2 Å². The van der Waals surface area contributed by atoms with Crippen molar-refractivity contribution in [3.05, 3.63) is 58.9 Å². The third-order valence-corrected chi connectivity index (χ3v) is 3.87. The minimum absolute atomic E-state index is 0.159. The van der Waals surface area contributed by atoms with E-state index in [1.54, 1.807) is 30.3 Å². The summed E-state index contributed by atoms with van der Waals surface area (Å²) in [5.41, 5.74) is 1.16. The highest BCUT2D eigenvalue weighted by Crippen LogP contribution is 2.37. The van der Waals surface area contributed by atoms with Crippen LogP contribution in [0.3, 0.4) is 0 Å². The number of aliphatic carboxylic acids is 1. The first-order valence-corrected chi connectivity index (χ1v) is 7.55. The van der Waals surface area contributed by atoms with E-state index in [9.17, 15) is 14.0 Å². The van der Waals surface area contributed by atoms with E-state index >= 15 is 0 Å². The molecule has 24 heavy (non-hydrogen) atoms. The zero-order chi connectivity index (χ0) is 17.3. The highest BCUT2D eigenvalue weighted by atomic mass is 35.5. The maximum Gasteiger partial charge on any atom is 0.307 e. The van der Waals surface area contributed by atoms with Crippen LogP contribution < -0.4 is 9.64 Å². The van der Waals surface area contributed by atoms with Crippen LogP contribution in [0.2, 0.25) is 5.02 Å². The normalized spacial score (nSPS) is 16.5. The second kappa shape index (κ2) is 6.49. The number of ether oxygens (including phenoxy) is 1. The third-order valence-electron chi connectivity index (χ3n) is 3.64. The lowest BCUT2D eigenvalue weighted by atomic mass is 10.1. The lowest BCUT2D eigenvalue weighted by Crippen LogP contribution is -2.46. The first-order valence-electron chi connectivity index (χ1n) is 7.18. The Morgan fingerprint density at radius 3 is 2.62 bits per heavy atom. The van der Waals surface area contributed by atoms with Crippen molar-refractivity contribution in [3.63, 3.8) is 0 Å². The lowest BCUT2D eigenvalue weighted by Gasteiger charge is -2.34. The summed E-state index contributed by atoms with van der Waals surface area (Å²) in [5.74, 6) is -1.60. The molecule has 0 aliphatic carbocycles. The van der Waals surface area contributed by atoms with Crippen molar-refractivity contribution in [1.29, 1.82) is 0 Å². The quantitative estimate of drug-likeness (QED) is 0.920. The maximum atomic E-state index is 13.1. The monoisotopic (exact) mass is 349 g/mol. The SMILES string of the molecule is O=C(O)CC1Oc2ccc(Cl)cc2N(Cc2ccc(F)cc2)C1=O. The number of nitrogens with zero attached hydrogens (tertiary/aromatic N) is 1. The van der Waals surface area contributed by atoms with Crippen LogP contribution in [0.15, 0.2) is 42.5 Å². The second-order valence-corrected chi connectivity index (χ2v) is 5.80. The molecule has 0 saturated heterocycles. The molecule has 124 valence electrons. The summed E-state index contributed by atoms with van der Waals surface area (Å²) >= 11 is 6.00. The van der Waals surface area contributed by atoms with E-state index in [1.165, 1.54) is 17.0 Å². The highest BCUT2D eigenvalue weighted by molar-refractivity contribution is 6.31. The van der Waals surface area contributed by atoms with Gasteiger partial charge in [-0.3, -0.25) is 9.59 Å². The van der Waals surface area contributed by atoms with Gasteiger partial charge >= 0.3 is 5.97 Å². The van der Waals surface area contributed by atoms with Gasteiger partial charge in [-0.2, -0.15) is 0 Å². The molecule has 0 aromatic heterocycles. The fourth-order valence-electron chi connectivity index (χ4n) is 2.52. The van der Waals surface area contributed by atoms with Crippen molar-refractivity contribution in [3.8, 4) is 5.75 Å². The van der Waals surface area contributed by atoms with Crippen LogP contribution in [0.25, 0.3) is 0 Å². The summed E-state index contributed by atoms with van der Waals surface area (Å²) in [6.45, 7) is 0.159. The average molecular weight is 350 g/mol. The van der Waals surface area contributed by atoms with Gasteiger partial charge in [0.25, 0.3) is 5.91 Å². The molecule has 0 radical (unpaired) electrons. The molecule has 0 saturated carbocycles. The number of benzene rings is 2. The topological polar surface area (TPSA) is 66.8 Å². The molecule has 1 heterocycles. The average Bonchev–Trinajstić information content (AvgIpc) is 2.53. The van der Waals surface area contributed by atoms with Crippen molar-refractivity contribution < 1.29 is 23.8 Å². The van der Waals surface area contributed by atoms with Crippen LogP contribution in [-0.4, -0.2) is 23.1 Å². The van der Waals surface area contributed by atoms with E-state index in [0.717, 1.165) is 0 Å². The highest BCUT2D eigenvalue weighted by Gasteiger charge is 2.36. The molecule has 3 rings (SSSR count). The summed E-state index contributed by atoms with van der Waals surface area (Å²) < 4.78 is 18.6. The Kier molecular flexibility index (Phi) is 4.40. The number of hydrogen-bond acceptors (Lipinski definition) is 3. The van der Waals surface area contributed by atoms with Crippen LogP contribution in [0.1, 0.15) is 12.0 Å². The molecule has 1 aliphatic heterocycles. The van der Waals surface area contributed by atoms with Gasteiger partial charge in [-0.05, 0) is 35.9 Å². The Morgan fingerprint density at radius 1 is 1.25 bits per heavy atom. The van der Waals surface area contributed by atoms with Gasteiger partial charge in [0.2, 0.25) is 0 Å². The summed E-state index contributed by atoms with van der Waals surface area (Å²) in [6, 6.07) is 10.5. The van der Waals surface area contributed by atoms with Gasteiger partial charge < -0.3 is 14.7 Å². The lowest BCUT2D eigenvalue weighted by molar-refractivity contribution is -0.142. The van der Waals surface area contributed by atoms with Crippen molar-refractivity contribution in [2.24, 2.45) is 0 Å². The Labute approximate surface area is 142 Å². The molecule has 2 aromatic carbocycles. The van der Waals surface area contributed by atoms with Crippen LogP contribution in [-0.2, 0) is 16.1 Å². The number of carbonyl (C=O) groups excluding carboxylic acids is 1. The van der Waals surface area contributed by atoms with Crippen LogP contribution in [0, 0.1) is 5.82 Å². The number of halogens is 2. The number of rotatable bonds is 4. The zero-order valence-electron chi connectivity index (χ0n) is 12.4. The largest absolute Gasteiger partial charge is 0.481 e. The van der Waals surface area contributed by atoms with Gasteiger partial charge in [0.1, 0.15) is 11.6 Å². The van der Waals surface area contributed by atoms with E-state index < -0.39 is 24.4 Å². The molecule has 1 aliphatic rings. The number of amides is 1. The maximum absolute atomic E-state index is 13.1. The minimum atomic E-state index is -1.13. The van der Waals surface area contributed by atoms with Gasteiger partial charge in [0.15, 0.2) is 6.10 Å². The van der Waals surface area contributed by atoms with E-state index in [4.69, 9.17) is 21.4 Å². The van der Waals surface area contributed by atoms with Gasteiger partial charge in [-0.1, -0.05) is 23.7 Å². The zero-order valence-corrected chi connectivity index (χ0v) is 13.2. The number of anilines is 1. The molecule has 1 atom stereocenters. The number of hydrogen-bond donors (Lipinski definition) is 1. The van der Waals surface area contributed by atoms with E-state index in [1.807, 2.05) is 0 Å². The summed E-state index contributed by atoms with van der Waals surface area (Å²) in [4.78, 5) is 25.0. The van der Waals surface area contributed by atoms with Gasteiger partial charge in [0, 0.05) is 5.02 Å². The Morgan fingerprint density at radius 2 is 1.96 bits per heavy atom. The smallest absolute Gasteiger partial charge is 0.307 e. The van der Waals surface area contributed by atoms with Crippen LogP contribution in [0.5, 0.6) is 5.75 Å². The van der Waals surface area contributed by atoms with Crippen LogP contribution in [0.4, 0.5) is 10.1 Å². The van der Waals surface area contributed by atoms with Gasteiger partial charge in [-0.25, -0.2) is 4.39 Å². The molecule has 2 aromatic rings. The number of fused-ring (bicyclic) bond motifs is 1. The fourth-order valence-corrected chi connectivity index (χ4v) is 2.69. The molecule has 1 N–H and O–H groups in total. The van der Waals surface area contributed by atoms with E-state index in [2.05, 4.69) is 0 Å². The molecule has 1 unspecified atom stereocenters. The molecule has 7 heteroatoms. The summed E-state index contributed by atoms with van der Waals surface area (Å²) in [6.07, 6.45) is -1.56. The predicted octanol–water partition coefficient (Wildman–Crippen LogP) is 3.25. The fraction of sp³-hybridized carbons (Fsp3) is 0.176. The second-order valence-electron chi connectivity index (χ2n) is 5.37. The first-order chi connectivity index (χ1) is 11.4. The molecule has 1 amide bonds. The number of carboxylic acid groups (broad SMARTS) is 1. The standard InChI is InChI=1S/C17H13ClFNO4/c18-11-3-6-14-13(7-11)20(9-10-1-4-12(19)5-2-10)17(23)15(24-14)8-16(21)22/h1-7,15H,8-9H2,(H,21,22). The van der Waals surface area contributed by atoms with Crippen molar-refractivity contribution in [2.45, 2.75) is 19.1 Å². The van der Waals surface area contributed by atoms with Crippen LogP contribution >= 0.6 is 11.6 Å². The Hall–Kier alpha value is -2.60. The Bertz CT molecular complexity index is 794. The molecule has 0 bridgehead atoms. The molecule has 0 spiro atoms. The third kappa shape index (κ3) is 3.33. The summed E-state index contributed by atoms with van der Waals surface area (Å²) in [5, 5.41) is 9.39. The first kappa shape index (κ1) is 16.3. The van der Waals surface area contributed by atoms with Crippen molar-refractivity contribution in [2.75, 3.05) is 4.90 Å².